The first kappa shape index (κ1) is 16.6. The zero-order valence-corrected chi connectivity index (χ0v) is 13.4. The van der Waals surface area contributed by atoms with E-state index in [4.69, 9.17) is 16.3 Å². The highest BCUT2D eigenvalue weighted by Gasteiger charge is 2.20. The van der Waals surface area contributed by atoms with Gasteiger partial charge in [-0.05, 0) is 44.0 Å². The molecule has 6 heteroatoms. The zero-order valence-electron chi connectivity index (χ0n) is 12.6. The van der Waals surface area contributed by atoms with Crippen LogP contribution in [0, 0.1) is 0 Å². The number of carbonyl (C=O) groups is 2. The number of imide groups is 1. The Morgan fingerprint density at radius 2 is 1.82 bits per heavy atom. The van der Waals surface area contributed by atoms with Crippen LogP contribution in [0.1, 0.15) is 39.0 Å². The predicted molar refractivity (Wildman–Crippen MR) is 85.1 cm³/mol. The predicted octanol–water partition coefficient (Wildman–Crippen LogP) is 3.27. The first-order valence-corrected chi connectivity index (χ1v) is 7.96. The maximum Gasteiger partial charge on any atom is 0.321 e. The van der Waals surface area contributed by atoms with E-state index in [1.807, 2.05) is 0 Å². The van der Waals surface area contributed by atoms with E-state index in [0.717, 1.165) is 25.7 Å². The Bertz CT molecular complexity index is 513. The zero-order chi connectivity index (χ0) is 15.9. The van der Waals surface area contributed by atoms with Crippen LogP contribution in [0.3, 0.4) is 0 Å². The minimum atomic E-state index is -0.765. The van der Waals surface area contributed by atoms with Crippen molar-refractivity contribution in [3.8, 4) is 5.75 Å². The van der Waals surface area contributed by atoms with Gasteiger partial charge in [-0.2, -0.15) is 0 Å². The summed E-state index contributed by atoms with van der Waals surface area (Å²) in [5.41, 5.74) is 0. The molecule has 0 aliphatic heterocycles. The first-order valence-electron chi connectivity index (χ1n) is 7.58. The Morgan fingerprint density at radius 1 is 1.18 bits per heavy atom. The number of halogens is 1. The van der Waals surface area contributed by atoms with Crippen molar-refractivity contribution in [3.05, 3.63) is 29.3 Å². The van der Waals surface area contributed by atoms with Crippen LogP contribution in [-0.2, 0) is 4.79 Å². The molecule has 22 heavy (non-hydrogen) atoms. The molecular weight excluding hydrogens is 304 g/mol. The largest absolute Gasteiger partial charge is 0.481 e. The van der Waals surface area contributed by atoms with Crippen molar-refractivity contribution < 1.29 is 14.3 Å². The number of rotatable bonds is 4. The quantitative estimate of drug-likeness (QED) is 0.893. The summed E-state index contributed by atoms with van der Waals surface area (Å²) in [5.74, 6) is 0.0583. The Morgan fingerprint density at radius 3 is 2.45 bits per heavy atom. The van der Waals surface area contributed by atoms with E-state index in [-0.39, 0.29) is 6.04 Å². The van der Waals surface area contributed by atoms with Crippen molar-refractivity contribution in [2.24, 2.45) is 0 Å². The molecule has 1 aromatic rings. The van der Waals surface area contributed by atoms with Crippen molar-refractivity contribution in [3.63, 3.8) is 0 Å². The van der Waals surface area contributed by atoms with Crippen molar-refractivity contribution >= 4 is 23.5 Å². The maximum atomic E-state index is 11.9. The lowest BCUT2D eigenvalue weighted by molar-refractivity contribution is -0.126. The van der Waals surface area contributed by atoms with Crippen molar-refractivity contribution in [2.45, 2.75) is 51.2 Å². The number of amides is 3. The van der Waals surface area contributed by atoms with Crippen molar-refractivity contribution in [1.82, 2.24) is 10.6 Å². The van der Waals surface area contributed by atoms with Crippen LogP contribution in [-0.4, -0.2) is 24.1 Å². The maximum absolute atomic E-state index is 11.9. The number of hydrogen-bond acceptors (Lipinski definition) is 3. The second kappa shape index (κ2) is 8.03. The van der Waals surface area contributed by atoms with E-state index in [2.05, 4.69) is 10.6 Å². The van der Waals surface area contributed by atoms with Gasteiger partial charge in [0.25, 0.3) is 5.91 Å². The number of nitrogens with one attached hydrogen (secondary N) is 2. The van der Waals surface area contributed by atoms with Gasteiger partial charge >= 0.3 is 6.03 Å². The Labute approximate surface area is 135 Å². The molecule has 0 unspecified atom stereocenters. The van der Waals surface area contributed by atoms with Gasteiger partial charge in [-0.1, -0.05) is 30.9 Å². The second-order valence-corrected chi connectivity index (χ2v) is 5.95. The number of ether oxygens (including phenoxy) is 1. The van der Waals surface area contributed by atoms with E-state index < -0.39 is 18.0 Å². The number of carbonyl (C=O) groups excluding carboxylic acids is 2. The Kier molecular flexibility index (Phi) is 6.07. The topological polar surface area (TPSA) is 67.4 Å². The molecule has 2 rings (SSSR count). The van der Waals surface area contributed by atoms with Gasteiger partial charge in [0.2, 0.25) is 0 Å². The smallest absolute Gasteiger partial charge is 0.321 e. The summed E-state index contributed by atoms with van der Waals surface area (Å²) in [5, 5.41) is 5.74. The SMILES string of the molecule is C[C@@H](Oc1ccc(Cl)cc1)C(=O)NC(=O)NC1CCCCC1. The van der Waals surface area contributed by atoms with Crippen molar-refractivity contribution in [2.75, 3.05) is 0 Å². The van der Waals surface area contributed by atoms with Crippen molar-refractivity contribution in [1.29, 1.82) is 0 Å². The van der Waals surface area contributed by atoms with Gasteiger partial charge in [-0.15, -0.1) is 0 Å². The van der Waals surface area contributed by atoms with Crippen LogP contribution >= 0.6 is 11.6 Å². The molecule has 1 aliphatic carbocycles. The van der Waals surface area contributed by atoms with Gasteiger partial charge in [0.05, 0.1) is 0 Å². The summed E-state index contributed by atoms with van der Waals surface area (Å²) in [4.78, 5) is 23.8. The third-order valence-corrected chi connectivity index (χ3v) is 3.92. The van der Waals surface area contributed by atoms with Crippen LogP contribution in [0.15, 0.2) is 24.3 Å². The third-order valence-electron chi connectivity index (χ3n) is 3.67. The summed E-state index contributed by atoms with van der Waals surface area (Å²) in [6.45, 7) is 1.60. The number of urea groups is 1. The standard InChI is InChI=1S/C16H21ClN2O3/c1-11(22-14-9-7-12(17)8-10-14)15(20)19-16(21)18-13-5-3-2-4-6-13/h7-11,13H,2-6H2,1H3,(H2,18,19,20,21)/t11-/m1/s1. The molecule has 3 amide bonds. The molecule has 0 heterocycles. The van der Waals surface area contributed by atoms with Crippen LogP contribution < -0.4 is 15.4 Å². The Hall–Kier alpha value is -1.75. The highest BCUT2D eigenvalue weighted by molar-refractivity contribution is 6.30. The highest BCUT2D eigenvalue weighted by Crippen LogP contribution is 2.18. The number of benzene rings is 1. The van der Waals surface area contributed by atoms with E-state index in [1.54, 1.807) is 31.2 Å². The molecule has 1 aromatic carbocycles. The third kappa shape index (κ3) is 5.22. The van der Waals surface area contributed by atoms with Gasteiger partial charge in [-0.3, -0.25) is 10.1 Å². The van der Waals surface area contributed by atoms with Crippen LogP contribution in [0.4, 0.5) is 4.79 Å². The lowest BCUT2D eigenvalue weighted by atomic mass is 9.96. The van der Waals surface area contributed by atoms with E-state index in [1.165, 1.54) is 6.42 Å². The molecule has 0 aromatic heterocycles. The summed E-state index contributed by atoms with van der Waals surface area (Å²) >= 11 is 5.78. The van der Waals surface area contributed by atoms with Gasteiger partial charge in [0.15, 0.2) is 6.10 Å². The molecular formula is C16H21ClN2O3. The fourth-order valence-corrected chi connectivity index (χ4v) is 2.58. The lowest BCUT2D eigenvalue weighted by Gasteiger charge is -2.23. The molecule has 1 aliphatic rings. The molecule has 120 valence electrons. The molecule has 1 fully saturated rings. The fraction of sp³-hybridized carbons (Fsp3) is 0.500. The van der Waals surface area contributed by atoms with Crippen LogP contribution in [0.2, 0.25) is 5.02 Å². The molecule has 0 spiro atoms. The normalized spacial score (nSPS) is 16.6. The monoisotopic (exact) mass is 324 g/mol. The van der Waals surface area contributed by atoms with Gasteiger partial charge in [0, 0.05) is 11.1 Å². The summed E-state index contributed by atoms with van der Waals surface area (Å²) < 4.78 is 5.47. The molecule has 0 saturated heterocycles. The van der Waals surface area contributed by atoms with E-state index in [0.29, 0.717) is 10.8 Å². The second-order valence-electron chi connectivity index (χ2n) is 5.51. The van der Waals surface area contributed by atoms with Crippen LogP contribution in [0.25, 0.3) is 0 Å². The Balaban J connectivity index is 1.77. The molecule has 0 bridgehead atoms. The first-order chi connectivity index (χ1) is 10.5. The lowest BCUT2D eigenvalue weighted by Crippen LogP contribution is -2.48. The summed E-state index contributed by atoms with van der Waals surface area (Å²) in [6.07, 6.45) is 4.63. The minimum Gasteiger partial charge on any atom is -0.481 e. The van der Waals surface area contributed by atoms with Gasteiger partial charge in [-0.25, -0.2) is 4.79 Å². The fourth-order valence-electron chi connectivity index (χ4n) is 2.45. The highest BCUT2D eigenvalue weighted by atomic mass is 35.5. The average molecular weight is 325 g/mol. The molecule has 5 nitrogen and oxygen atoms in total. The minimum absolute atomic E-state index is 0.161. The van der Waals surface area contributed by atoms with E-state index >= 15 is 0 Å². The molecule has 0 radical (unpaired) electrons. The summed E-state index contributed by atoms with van der Waals surface area (Å²) in [7, 11) is 0. The van der Waals surface area contributed by atoms with Gasteiger partial charge in [0.1, 0.15) is 5.75 Å². The molecule has 1 saturated carbocycles. The molecule has 2 N–H and O–H groups in total. The van der Waals surface area contributed by atoms with Gasteiger partial charge < -0.3 is 10.1 Å². The van der Waals surface area contributed by atoms with Crippen LogP contribution in [0.5, 0.6) is 5.75 Å². The number of hydrogen-bond donors (Lipinski definition) is 2. The molecule has 1 atom stereocenters. The summed E-state index contributed by atoms with van der Waals surface area (Å²) in [6, 6.07) is 6.41. The average Bonchev–Trinajstić information content (AvgIpc) is 2.50. The van der Waals surface area contributed by atoms with E-state index in [9.17, 15) is 9.59 Å².